The molecule has 112 valence electrons. The third-order valence-electron chi connectivity index (χ3n) is 3.19. The zero-order chi connectivity index (χ0) is 15.7. The van der Waals surface area contributed by atoms with Crippen molar-refractivity contribution in [2.75, 3.05) is 11.6 Å². The number of aromatic nitrogens is 2. The summed E-state index contributed by atoms with van der Waals surface area (Å²) >= 11 is 2.98. The van der Waals surface area contributed by atoms with Crippen molar-refractivity contribution in [3.05, 3.63) is 51.9 Å². The minimum atomic E-state index is -0.451. The molecule has 1 aromatic carbocycles. The summed E-state index contributed by atoms with van der Waals surface area (Å²) in [4.78, 5) is 32.0. The van der Waals surface area contributed by atoms with Gasteiger partial charge in [0.25, 0.3) is 5.91 Å². The lowest BCUT2D eigenvalue weighted by Gasteiger charge is -2.03. The van der Waals surface area contributed by atoms with Gasteiger partial charge in [0.2, 0.25) is 5.43 Å². The van der Waals surface area contributed by atoms with Crippen LogP contribution in [0.5, 0.6) is 0 Å². The van der Waals surface area contributed by atoms with Gasteiger partial charge in [-0.2, -0.15) is 0 Å². The standard InChI is InChI=1S/C15H13N3O2S2/c1-8-14(21-2)22-15(17-8)18-13(20)10-7-16-11-6-4-3-5-9(11)12(10)19/h3-7H,1-2H3,(H,16,19)(H,17,18,20). The van der Waals surface area contributed by atoms with E-state index >= 15 is 0 Å². The zero-order valence-electron chi connectivity index (χ0n) is 12.0. The molecule has 2 heterocycles. The lowest BCUT2D eigenvalue weighted by molar-refractivity contribution is 0.102. The van der Waals surface area contributed by atoms with E-state index in [1.165, 1.54) is 17.5 Å². The third-order valence-corrected chi connectivity index (χ3v) is 5.48. The fraction of sp³-hybridized carbons (Fsp3) is 0.133. The predicted octanol–water partition coefficient (Wildman–Crippen LogP) is 3.27. The van der Waals surface area contributed by atoms with Crippen molar-refractivity contribution in [2.45, 2.75) is 11.1 Å². The van der Waals surface area contributed by atoms with E-state index in [2.05, 4.69) is 15.3 Å². The van der Waals surface area contributed by atoms with Crippen molar-refractivity contribution in [1.29, 1.82) is 0 Å². The quantitative estimate of drug-likeness (QED) is 0.722. The maximum Gasteiger partial charge on any atom is 0.262 e. The van der Waals surface area contributed by atoms with Gasteiger partial charge in [0.15, 0.2) is 5.13 Å². The second-order valence-corrected chi connectivity index (χ2v) is 6.70. The molecule has 22 heavy (non-hydrogen) atoms. The average Bonchev–Trinajstić information content (AvgIpc) is 2.87. The van der Waals surface area contributed by atoms with Crippen LogP contribution in [0.15, 0.2) is 39.5 Å². The number of aromatic amines is 1. The second-order valence-electron chi connectivity index (χ2n) is 4.63. The molecule has 0 aliphatic carbocycles. The van der Waals surface area contributed by atoms with Gasteiger partial charge in [0.1, 0.15) is 5.56 Å². The van der Waals surface area contributed by atoms with E-state index in [1.54, 1.807) is 30.0 Å². The van der Waals surface area contributed by atoms with Gasteiger partial charge < -0.3 is 4.98 Å². The van der Waals surface area contributed by atoms with Crippen molar-refractivity contribution in [1.82, 2.24) is 9.97 Å². The van der Waals surface area contributed by atoms with Gasteiger partial charge in [0.05, 0.1) is 9.90 Å². The number of carbonyl (C=O) groups is 1. The van der Waals surface area contributed by atoms with E-state index < -0.39 is 5.91 Å². The summed E-state index contributed by atoms with van der Waals surface area (Å²) in [7, 11) is 0. The minimum absolute atomic E-state index is 0.0808. The number of thioether (sulfide) groups is 1. The number of hydrogen-bond acceptors (Lipinski definition) is 5. The molecular weight excluding hydrogens is 318 g/mol. The van der Waals surface area contributed by atoms with Crippen LogP contribution in [0.4, 0.5) is 5.13 Å². The summed E-state index contributed by atoms with van der Waals surface area (Å²) in [6.45, 7) is 1.89. The number of anilines is 1. The van der Waals surface area contributed by atoms with Crippen molar-refractivity contribution in [2.24, 2.45) is 0 Å². The summed E-state index contributed by atoms with van der Waals surface area (Å²) in [5, 5.41) is 3.69. The fourth-order valence-electron chi connectivity index (χ4n) is 2.13. The van der Waals surface area contributed by atoms with Crippen LogP contribution in [0.2, 0.25) is 0 Å². The zero-order valence-corrected chi connectivity index (χ0v) is 13.6. The van der Waals surface area contributed by atoms with Gasteiger partial charge in [-0.15, -0.1) is 11.8 Å². The Labute approximate surface area is 134 Å². The summed E-state index contributed by atoms with van der Waals surface area (Å²) in [6, 6.07) is 7.10. The van der Waals surface area contributed by atoms with Crippen molar-refractivity contribution >= 4 is 45.0 Å². The number of rotatable bonds is 3. The fourth-order valence-corrected chi connectivity index (χ4v) is 3.73. The molecule has 3 rings (SSSR count). The minimum Gasteiger partial charge on any atom is -0.360 e. The number of aryl methyl sites for hydroxylation is 1. The lowest BCUT2D eigenvalue weighted by Crippen LogP contribution is -2.21. The number of nitrogens with zero attached hydrogens (tertiary/aromatic N) is 1. The van der Waals surface area contributed by atoms with Gasteiger partial charge in [-0.3, -0.25) is 14.9 Å². The highest BCUT2D eigenvalue weighted by atomic mass is 32.2. The molecule has 0 fully saturated rings. The molecule has 0 aliphatic rings. The molecule has 0 spiro atoms. The number of carbonyl (C=O) groups excluding carboxylic acids is 1. The van der Waals surface area contributed by atoms with E-state index in [0.29, 0.717) is 16.0 Å². The second kappa shape index (κ2) is 5.94. The van der Waals surface area contributed by atoms with E-state index in [9.17, 15) is 9.59 Å². The monoisotopic (exact) mass is 331 g/mol. The third kappa shape index (κ3) is 2.65. The van der Waals surface area contributed by atoms with Crippen LogP contribution < -0.4 is 10.7 Å². The van der Waals surface area contributed by atoms with Crippen molar-refractivity contribution in [3.63, 3.8) is 0 Å². The highest BCUT2D eigenvalue weighted by Crippen LogP contribution is 2.30. The SMILES string of the molecule is CSc1sc(NC(=O)c2c[nH]c3ccccc3c2=O)nc1C. The number of thiazole rings is 1. The van der Waals surface area contributed by atoms with E-state index in [0.717, 1.165) is 9.90 Å². The molecule has 0 unspecified atom stereocenters. The predicted molar refractivity (Wildman–Crippen MR) is 91.2 cm³/mol. The molecule has 0 saturated heterocycles. The Hall–Kier alpha value is -2.12. The lowest BCUT2D eigenvalue weighted by atomic mass is 10.1. The maximum atomic E-state index is 12.4. The number of nitrogens with one attached hydrogen (secondary N) is 2. The Morgan fingerprint density at radius 2 is 2.14 bits per heavy atom. The van der Waals surface area contributed by atoms with Gasteiger partial charge >= 0.3 is 0 Å². The Kier molecular flexibility index (Phi) is 4.00. The first-order valence-electron chi connectivity index (χ1n) is 6.53. The molecule has 1 amide bonds. The highest BCUT2D eigenvalue weighted by Gasteiger charge is 2.15. The van der Waals surface area contributed by atoms with Crippen molar-refractivity contribution in [3.8, 4) is 0 Å². The molecule has 7 heteroatoms. The number of para-hydroxylation sites is 1. The summed E-state index contributed by atoms with van der Waals surface area (Å²) in [6.07, 6.45) is 3.40. The molecule has 0 saturated carbocycles. The first-order chi connectivity index (χ1) is 10.6. The molecule has 5 nitrogen and oxygen atoms in total. The largest absolute Gasteiger partial charge is 0.360 e. The smallest absolute Gasteiger partial charge is 0.262 e. The number of amides is 1. The average molecular weight is 331 g/mol. The van der Waals surface area contributed by atoms with Crippen LogP contribution >= 0.6 is 23.1 Å². The Balaban J connectivity index is 1.95. The van der Waals surface area contributed by atoms with Crippen LogP contribution in [0.1, 0.15) is 16.1 Å². The van der Waals surface area contributed by atoms with Crippen LogP contribution in [0, 0.1) is 6.92 Å². The first kappa shape index (κ1) is 14.8. The Bertz CT molecular complexity index is 915. The number of benzene rings is 1. The Morgan fingerprint density at radius 3 is 2.86 bits per heavy atom. The highest BCUT2D eigenvalue weighted by molar-refractivity contribution is 8.00. The topological polar surface area (TPSA) is 74.8 Å². The number of pyridine rings is 1. The molecule has 0 atom stereocenters. The van der Waals surface area contributed by atoms with Gasteiger partial charge in [-0.25, -0.2) is 4.98 Å². The number of H-pyrrole nitrogens is 1. The summed E-state index contributed by atoms with van der Waals surface area (Å²) in [5.74, 6) is -0.451. The normalized spacial score (nSPS) is 10.8. The summed E-state index contributed by atoms with van der Waals surface area (Å²) < 4.78 is 1.04. The molecule has 0 bridgehead atoms. The van der Waals surface area contributed by atoms with Crippen LogP contribution in [0.25, 0.3) is 10.9 Å². The number of fused-ring (bicyclic) bond motifs is 1. The molecule has 0 radical (unpaired) electrons. The van der Waals surface area contributed by atoms with Crippen LogP contribution in [-0.2, 0) is 0 Å². The van der Waals surface area contributed by atoms with E-state index in [4.69, 9.17) is 0 Å². The van der Waals surface area contributed by atoms with Gasteiger partial charge in [-0.1, -0.05) is 23.5 Å². The first-order valence-corrected chi connectivity index (χ1v) is 8.57. The summed E-state index contributed by atoms with van der Waals surface area (Å²) in [5.41, 5.74) is 1.38. The van der Waals surface area contributed by atoms with E-state index in [-0.39, 0.29) is 11.0 Å². The molecular formula is C15H13N3O2S2. The Morgan fingerprint density at radius 1 is 1.36 bits per heavy atom. The molecule has 0 aliphatic heterocycles. The van der Waals surface area contributed by atoms with E-state index in [1.807, 2.05) is 19.2 Å². The van der Waals surface area contributed by atoms with Crippen molar-refractivity contribution < 1.29 is 4.79 Å². The maximum absolute atomic E-state index is 12.4. The number of hydrogen-bond donors (Lipinski definition) is 2. The van der Waals surface area contributed by atoms with Gasteiger partial charge in [0, 0.05) is 17.1 Å². The van der Waals surface area contributed by atoms with Crippen LogP contribution in [-0.4, -0.2) is 22.1 Å². The van der Waals surface area contributed by atoms with Crippen LogP contribution in [0.3, 0.4) is 0 Å². The molecule has 2 N–H and O–H groups in total. The molecule has 3 aromatic rings. The van der Waals surface area contributed by atoms with Gasteiger partial charge in [-0.05, 0) is 25.3 Å². The molecule has 2 aromatic heterocycles.